The van der Waals surface area contributed by atoms with E-state index in [1.165, 1.54) is 18.2 Å². The molecule has 0 bridgehead atoms. The molecule has 0 aliphatic rings. The summed E-state index contributed by atoms with van der Waals surface area (Å²) in [6.45, 7) is 3.87. The predicted molar refractivity (Wildman–Crippen MR) is 127 cm³/mol. The monoisotopic (exact) mass is 472 g/mol. The molecule has 0 heterocycles. The highest BCUT2D eigenvalue weighted by Gasteiger charge is 2.22. The molecule has 0 spiro atoms. The maximum absolute atomic E-state index is 12.9. The first-order chi connectivity index (χ1) is 15.2. The molecule has 0 unspecified atom stereocenters. The normalized spacial score (nSPS) is 12.1. The van der Waals surface area contributed by atoms with Crippen LogP contribution in [0.15, 0.2) is 71.6 Å². The lowest BCUT2D eigenvalue weighted by atomic mass is 10.0. The number of sulfonamides is 1. The van der Waals surface area contributed by atoms with Gasteiger partial charge in [0.1, 0.15) is 10.6 Å². The van der Waals surface area contributed by atoms with E-state index >= 15 is 0 Å². The third-order valence-electron chi connectivity index (χ3n) is 5.02. The number of methoxy groups -OCH3 is 1. The molecule has 0 aliphatic carbocycles. The fourth-order valence-corrected chi connectivity index (χ4v) is 4.77. The molecule has 2 N–H and O–H groups in total. The Morgan fingerprint density at radius 3 is 2.28 bits per heavy atom. The van der Waals surface area contributed by atoms with Crippen molar-refractivity contribution in [2.45, 2.75) is 31.2 Å². The molecule has 1 atom stereocenters. The molecule has 3 aromatic carbocycles. The second-order valence-electron chi connectivity index (χ2n) is 7.32. The van der Waals surface area contributed by atoms with Gasteiger partial charge < -0.3 is 10.1 Å². The van der Waals surface area contributed by atoms with Gasteiger partial charge in [0.15, 0.2) is 0 Å². The lowest BCUT2D eigenvalue weighted by molar-refractivity contribution is 0.0935. The molecule has 0 aliphatic heterocycles. The van der Waals surface area contributed by atoms with Gasteiger partial charge in [0.05, 0.1) is 18.2 Å². The molecule has 0 saturated heterocycles. The second-order valence-corrected chi connectivity index (χ2v) is 9.38. The summed E-state index contributed by atoms with van der Waals surface area (Å²) >= 11 is 6.17. The van der Waals surface area contributed by atoms with Crippen molar-refractivity contribution in [3.63, 3.8) is 0 Å². The smallest absolute Gasteiger partial charge is 0.263 e. The highest BCUT2D eigenvalue weighted by Crippen LogP contribution is 2.26. The summed E-state index contributed by atoms with van der Waals surface area (Å²) < 4.78 is 33.5. The number of amides is 1. The standard InChI is InChI=1S/C24H25ClN2O4S/c1-4-22(17-7-12-20(31-3)13-8-17)26-24(28)18-9-14-21(25)23(15-18)32(29,30)27-19-10-5-16(2)6-11-19/h5-15,22,27H,4H2,1-3H3,(H,26,28)/t22-/m1/s1. The number of anilines is 1. The number of carbonyl (C=O) groups is 1. The Morgan fingerprint density at radius 2 is 1.69 bits per heavy atom. The molecule has 0 aromatic heterocycles. The lowest BCUT2D eigenvalue weighted by Gasteiger charge is -2.18. The van der Waals surface area contributed by atoms with Gasteiger partial charge in [-0.2, -0.15) is 0 Å². The summed E-state index contributed by atoms with van der Waals surface area (Å²) in [7, 11) is -2.39. The Kier molecular flexibility index (Phi) is 7.43. The SMILES string of the molecule is CC[C@@H](NC(=O)c1ccc(Cl)c(S(=O)(=O)Nc2ccc(C)cc2)c1)c1ccc(OC)cc1. The average Bonchev–Trinajstić information content (AvgIpc) is 2.79. The van der Waals surface area contributed by atoms with E-state index in [0.29, 0.717) is 12.1 Å². The third kappa shape index (κ3) is 5.60. The fraction of sp³-hybridized carbons (Fsp3) is 0.208. The van der Waals surface area contributed by atoms with Crippen molar-refractivity contribution in [1.82, 2.24) is 5.32 Å². The van der Waals surface area contributed by atoms with Crippen LogP contribution in [0.2, 0.25) is 5.02 Å². The molecule has 3 aromatic rings. The summed E-state index contributed by atoms with van der Waals surface area (Å²) in [6.07, 6.45) is 0.659. The Balaban J connectivity index is 1.83. The quantitative estimate of drug-likeness (QED) is 0.463. The van der Waals surface area contributed by atoms with E-state index in [0.717, 1.165) is 16.9 Å². The summed E-state index contributed by atoms with van der Waals surface area (Å²) in [5.41, 5.74) is 2.54. The van der Waals surface area contributed by atoms with Gasteiger partial charge in [-0.3, -0.25) is 9.52 Å². The molecule has 1 amide bonds. The minimum absolute atomic E-state index is 0.0309. The number of aryl methyl sites for hydroxylation is 1. The van der Waals surface area contributed by atoms with Gasteiger partial charge in [-0.1, -0.05) is 48.4 Å². The Bertz CT molecular complexity index is 1190. The first-order valence-corrected chi connectivity index (χ1v) is 11.9. The van der Waals surface area contributed by atoms with Gasteiger partial charge in [0.2, 0.25) is 0 Å². The van der Waals surface area contributed by atoms with Gasteiger partial charge in [0, 0.05) is 11.3 Å². The minimum Gasteiger partial charge on any atom is -0.497 e. The molecular weight excluding hydrogens is 448 g/mol. The van der Waals surface area contributed by atoms with Gasteiger partial charge in [-0.25, -0.2) is 8.42 Å². The third-order valence-corrected chi connectivity index (χ3v) is 6.88. The van der Waals surface area contributed by atoms with Crippen LogP contribution in [0.4, 0.5) is 5.69 Å². The van der Waals surface area contributed by atoms with Crippen molar-refractivity contribution in [2.24, 2.45) is 0 Å². The Hall–Kier alpha value is -3.03. The maximum atomic E-state index is 12.9. The second kappa shape index (κ2) is 10.1. The summed E-state index contributed by atoms with van der Waals surface area (Å²) in [6, 6.07) is 18.3. The molecule has 0 radical (unpaired) electrons. The van der Waals surface area contributed by atoms with E-state index < -0.39 is 15.9 Å². The summed E-state index contributed by atoms with van der Waals surface area (Å²) in [5, 5.41) is 2.98. The molecule has 8 heteroatoms. The topological polar surface area (TPSA) is 84.5 Å². The Morgan fingerprint density at radius 1 is 1.03 bits per heavy atom. The lowest BCUT2D eigenvalue weighted by Crippen LogP contribution is -2.28. The fourth-order valence-electron chi connectivity index (χ4n) is 3.18. The molecule has 168 valence electrons. The zero-order chi connectivity index (χ0) is 23.3. The van der Waals surface area contributed by atoms with E-state index in [1.54, 1.807) is 31.4 Å². The van der Waals surface area contributed by atoms with Crippen molar-refractivity contribution < 1.29 is 17.9 Å². The van der Waals surface area contributed by atoms with Crippen LogP contribution in [-0.4, -0.2) is 21.4 Å². The summed E-state index contributed by atoms with van der Waals surface area (Å²) in [5.74, 6) is 0.333. The van der Waals surface area contributed by atoms with Crippen LogP contribution >= 0.6 is 11.6 Å². The average molecular weight is 473 g/mol. The number of nitrogens with one attached hydrogen (secondary N) is 2. The number of halogens is 1. The van der Waals surface area contributed by atoms with Crippen molar-refractivity contribution in [3.05, 3.63) is 88.4 Å². The van der Waals surface area contributed by atoms with E-state index in [1.807, 2.05) is 38.1 Å². The van der Waals surface area contributed by atoms with Gasteiger partial charge in [-0.05, 0) is 61.4 Å². The van der Waals surface area contributed by atoms with E-state index in [2.05, 4.69) is 10.0 Å². The first-order valence-electron chi connectivity index (χ1n) is 10.1. The zero-order valence-corrected chi connectivity index (χ0v) is 19.6. The number of hydrogen-bond acceptors (Lipinski definition) is 4. The first kappa shape index (κ1) is 23.6. The van der Waals surface area contributed by atoms with Crippen LogP contribution < -0.4 is 14.8 Å². The number of benzene rings is 3. The van der Waals surface area contributed by atoms with E-state index in [-0.39, 0.29) is 21.5 Å². The van der Waals surface area contributed by atoms with Crippen LogP contribution in [0.5, 0.6) is 5.75 Å². The van der Waals surface area contributed by atoms with Gasteiger partial charge in [0.25, 0.3) is 15.9 Å². The van der Waals surface area contributed by atoms with Gasteiger partial charge in [-0.15, -0.1) is 0 Å². The number of hydrogen-bond donors (Lipinski definition) is 2. The molecule has 3 rings (SSSR count). The zero-order valence-electron chi connectivity index (χ0n) is 18.1. The number of rotatable bonds is 8. The van der Waals surface area contributed by atoms with Crippen LogP contribution in [-0.2, 0) is 10.0 Å². The number of ether oxygens (including phenoxy) is 1. The Labute approximate surface area is 193 Å². The highest BCUT2D eigenvalue weighted by molar-refractivity contribution is 7.92. The molecular formula is C24H25ClN2O4S. The molecule has 32 heavy (non-hydrogen) atoms. The van der Waals surface area contributed by atoms with Crippen molar-refractivity contribution in [3.8, 4) is 5.75 Å². The molecule has 0 fully saturated rings. The minimum atomic E-state index is -3.98. The van der Waals surface area contributed by atoms with Crippen molar-refractivity contribution in [1.29, 1.82) is 0 Å². The highest BCUT2D eigenvalue weighted by atomic mass is 35.5. The predicted octanol–water partition coefficient (Wildman–Crippen LogP) is 5.34. The van der Waals surface area contributed by atoms with Crippen molar-refractivity contribution >= 4 is 33.2 Å². The van der Waals surface area contributed by atoms with Crippen molar-refractivity contribution in [2.75, 3.05) is 11.8 Å². The van der Waals surface area contributed by atoms with E-state index in [4.69, 9.17) is 16.3 Å². The molecule has 0 saturated carbocycles. The number of carbonyl (C=O) groups excluding carboxylic acids is 1. The maximum Gasteiger partial charge on any atom is 0.263 e. The van der Waals surface area contributed by atoms with Crippen LogP contribution in [0.1, 0.15) is 40.9 Å². The summed E-state index contributed by atoms with van der Waals surface area (Å²) in [4.78, 5) is 12.7. The molecule has 6 nitrogen and oxygen atoms in total. The largest absolute Gasteiger partial charge is 0.497 e. The van der Waals surface area contributed by atoms with Crippen LogP contribution in [0.3, 0.4) is 0 Å². The van der Waals surface area contributed by atoms with Crippen LogP contribution in [0.25, 0.3) is 0 Å². The van der Waals surface area contributed by atoms with E-state index in [9.17, 15) is 13.2 Å². The van der Waals surface area contributed by atoms with Crippen LogP contribution in [0, 0.1) is 6.92 Å². The van der Waals surface area contributed by atoms with Gasteiger partial charge >= 0.3 is 0 Å².